The molecule has 4 aromatic rings. The van der Waals surface area contributed by atoms with Crippen molar-refractivity contribution in [2.75, 3.05) is 6.16 Å². The average Bonchev–Trinajstić information content (AvgIpc) is 2.97. The Balaban J connectivity index is 1.52. The van der Waals surface area contributed by atoms with Crippen LogP contribution >= 0.6 is 18.5 Å². The molecule has 0 spiro atoms. The van der Waals surface area contributed by atoms with Crippen molar-refractivity contribution in [3.63, 3.8) is 0 Å². The van der Waals surface area contributed by atoms with Gasteiger partial charge in [-0.2, -0.15) is 0 Å². The molecule has 4 bridgehead atoms. The Morgan fingerprint density at radius 2 is 1.37 bits per heavy atom. The molecule has 192 valence electrons. The maximum atomic E-state index is 4.97. The number of aromatic nitrogens is 2. The highest BCUT2D eigenvalue weighted by atomic mass is 31.0. The number of nitrogens with zero attached hydrogens (tertiary/aromatic N) is 2. The molecule has 5 unspecified atom stereocenters. The van der Waals surface area contributed by atoms with Crippen molar-refractivity contribution in [3.05, 3.63) is 120 Å². The Morgan fingerprint density at radius 1 is 0.737 bits per heavy atom. The first-order chi connectivity index (χ1) is 18.6. The summed E-state index contributed by atoms with van der Waals surface area (Å²) in [6, 6.07) is 30.8. The van der Waals surface area contributed by atoms with Crippen LogP contribution in [0.15, 0.2) is 97.3 Å². The smallest absolute Gasteiger partial charge is 0.0936 e. The summed E-state index contributed by atoms with van der Waals surface area (Å²) in [6.07, 6.45) is 12.0. The highest BCUT2D eigenvalue weighted by Gasteiger charge is 2.58. The van der Waals surface area contributed by atoms with Gasteiger partial charge >= 0.3 is 0 Å². The maximum Gasteiger partial charge on any atom is 0.0936 e. The summed E-state index contributed by atoms with van der Waals surface area (Å²) in [6.45, 7) is 0. The fourth-order valence-corrected chi connectivity index (χ4v) is 10.1. The van der Waals surface area contributed by atoms with Crippen molar-refractivity contribution in [2.45, 2.75) is 42.7 Å². The molecule has 0 aliphatic heterocycles. The van der Waals surface area contributed by atoms with Crippen LogP contribution in [-0.4, -0.2) is 16.1 Å². The van der Waals surface area contributed by atoms with E-state index in [1.165, 1.54) is 60.5 Å². The normalized spacial score (nSPS) is 27.9. The molecule has 0 N–H and O–H groups in total. The minimum atomic E-state index is -0.544. The second kappa shape index (κ2) is 9.66. The van der Waals surface area contributed by atoms with Gasteiger partial charge < -0.3 is 0 Å². The van der Waals surface area contributed by atoms with Crippen molar-refractivity contribution in [1.29, 1.82) is 0 Å². The van der Waals surface area contributed by atoms with Gasteiger partial charge in [-0.05, 0) is 120 Å². The van der Waals surface area contributed by atoms with Crippen molar-refractivity contribution in [3.8, 4) is 11.1 Å². The fourth-order valence-electron chi connectivity index (χ4n) is 8.70. The van der Waals surface area contributed by atoms with Gasteiger partial charge in [0.25, 0.3) is 0 Å². The lowest BCUT2D eigenvalue weighted by atomic mass is 9.43. The lowest BCUT2D eigenvalue weighted by molar-refractivity contribution is -0.0522. The van der Waals surface area contributed by atoms with Crippen molar-refractivity contribution < 1.29 is 0 Å². The zero-order valence-corrected chi connectivity index (χ0v) is 24.1. The van der Waals surface area contributed by atoms with E-state index >= 15 is 0 Å². The Labute approximate surface area is 231 Å². The second-order valence-corrected chi connectivity index (χ2v) is 13.3. The van der Waals surface area contributed by atoms with Crippen molar-refractivity contribution in [1.82, 2.24) is 9.97 Å². The van der Waals surface area contributed by atoms with E-state index in [-0.39, 0.29) is 5.41 Å². The quantitative estimate of drug-likeness (QED) is 0.235. The van der Waals surface area contributed by atoms with E-state index in [0.29, 0.717) is 5.92 Å². The largest absolute Gasteiger partial charge is 0.260 e. The monoisotopic (exact) mass is 534 g/mol. The molecule has 2 nitrogen and oxygen atoms in total. The summed E-state index contributed by atoms with van der Waals surface area (Å²) in [5, 5.41) is -0.544. The van der Waals surface area contributed by atoms with Gasteiger partial charge in [-0.1, -0.05) is 54.6 Å². The lowest BCUT2D eigenvalue weighted by Crippen LogP contribution is -2.56. The summed E-state index contributed by atoms with van der Waals surface area (Å²) in [4.78, 5) is 9.94. The van der Waals surface area contributed by atoms with E-state index in [4.69, 9.17) is 9.97 Å². The topological polar surface area (TPSA) is 25.8 Å². The van der Waals surface area contributed by atoms with Crippen molar-refractivity contribution >= 4 is 18.5 Å². The molecule has 2 heterocycles. The van der Waals surface area contributed by atoms with Gasteiger partial charge in [-0.3, -0.25) is 9.97 Å². The van der Waals surface area contributed by atoms with E-state index < -0.39 is 5.16 Å². The molecule has 2 aromatic carbocycles. The fraction of sp³-hybridized carbons (Fsp3) is 0.353. The minimum Gasteiger partial charge on any atom is -0.260 e. The standard InChI is InChI=1S/C34H36N2P2/c37-22-30-27-17-23-16-24(18-27)21-33(30,20-23)28-13-12-26(25-8-2-1-3-9-25)19-29(28)34(38,31-10-4-6-14-35-31)32-11-5-7-15-36-32/h1-15,19,23-24,27,30H,16-18,20-22,37-38H2. The van der Waals surface area contributed by atoms with Crippen LogP contribution in [0.2, 0.25) is 0 Å². The zero-order valence-electron chi connectivity index (χ0n) is 21.8. The third-order valence-corrected chi connectivity index (χ3v) is 11.4. The maximum absolute atomic E-state index is 4.97. The highest BCUT2D eigenvalue weighted by Crippen LogP contribution is 2.65. The molecule has 38 heavy (non-hydrogen) atoms. The molecule has 0 amide bonds. The van der Waals surface area contributed by atoms with E-state index in [0.717, 1.165) is 29.1 Å². The molecule has 5 atom stereocenters. The molecule has 4 fully saturated rings. The van der Waals surface area contributed by atoms with Crippen LogP contribution in [0, 0.1) is 23.7 Å². The Morgan fingerprint density at radius 3 is 1.95 bits per heavy atom. The molecule has 4 saturated carbocycles. The van der Waals surface area contributed by atoms with E-state index in [2.05, 4.69) is 91.3 Å². The molecular weight excluding hydrogens is 498 g/mol. The number of pyridine rings is 2. The Kier molecular flexibility index (Phi) is 6.26. The molecular formula is C34H36N2P2. The first kappa shape index (κ1) is 24.6. The minimum absolute atomic E-state index is 0.215. The summed E-state index contributed by atoms with van der Waals surface area (Å²) >= 11 is 0. The van der Waals surface area contributed by atoms with E-state index in [1.807, 2.05) is 24.5 Å². The molecule has 0 saturated heterocycles. The highest BCUT2D eigenvalue weighted by molar-refractivity contribution is 7.19. The summed E-state index contributed by atoms with van der Waals surface area (Å²) < 4.78 is 0. The van der Waals surface area contributed by atoms with Crippen molar-refractivity contribution in [2.24, 2.45) is 23.7 Å². The zero-order chi connectivity index (χ0) is 25.7. The Bertz CT molecular complexity index is 1370. The molecule has 8 rings (SSSR count). The Hall–Kier alpha value is -2.40. The third kappa shape index (κ3) is 3.83. The summed E-state index contributed by atoms with van der Waals surface area (Å²) in [7, 11) is 6.39. The van der Waals surface area contributed by atoms with Gasteiger partial charge in [-0.25, -0.2) is 0 Å². The first-order valence-corrected chi connectivity index (χ1v) is 15.5. The van der Waals surface area contributed by atoms with Crippen LogP contribution in [0.3, 0.4) is 0 Å². The summed E-state index contributed by atoms with van der Waals surface area (Å²) in [5.74, 6) is 3.29. The van der Waals surface area contributed by atoms with Crippen LogP contribution in [0.5, 0.6) is 0 Å². The van der Waals surface area contributed by atoms with Gasteiger partial charge in [0, 0.05) is 12.4 Å². The van der Waals surface area contributed by atoms with Gasteiger partial charge in [0.05, 0.1) is 16.5 Å². The number of hydrogen-bond acceptors (Lipinski definition) is 2. The molecule has 0 radical (unpaired) electrons. The van der Waals surface area contributed by atoms with Gasteiger partial charge in [-0.15, -0.1) is 18.5 Å². The van der Waals surface area contributed by atoms with Crippen LogP contribution < -0.4 is 0 Å². The molecule has 4 aliphatic carbocycles. The van der Waals surface area contributed by atoms with Crippen LogP contribution in [0.1, 0.15) is 54.6 Å². The van der Waals surface area contributed by atoms with Crippen LogP contribution in [0.4, 0.5) is 0 Å². The lowest BCUT2D eigenvalue weighted by Gasteiger charge is -2.62. The van der Waals surface area contributed by atoms with Gasteiger partial charge in [0.1, 0.15) is 0 Å². The molecule has 4 aliphatic rings. The first-order valence-electron chi connectivity index (χ1n) is 14.1. The second-order valence-electron chi connectivity index (χ2n) is 12.0. The number of hydrogen-bond donors (Lipinski definition) is 0. The van der Waals surface area contributed by atoms with E-state index in [1.54, 1.807) is 0 Å². The molecule has 4 heteroatoms. The van der Waals surface area contributed by atoms with Gasteiger partial charge in [0.2, 0.25) is 0 Å². The number of rotatable bonds is 6. The van der Waals surface area contributed by atoms with Gasteiger partial charge in [0.15, 0.2) is 0 Å². The predicted octanol–water partition coefficient (Wildman–Crippen LogP) is 7.88. The van der Waals surface area contributed by atoms with Crippen LogP contribution in [0.25, 0.3) is 11.1 Å². The SMILES string of the molecule is PCC1C2CC3CC(C2)CC1(c1ccc(-c2ccccc2)cc1C(P)(c1ccccn1)c1ccccn1)C3. The number of benzene rings is 2. The average molecular weight is 535 g/mol. The predicted molar refractivity (Wildman–Crippen MR) is 163 cm³/mol. The summed E-state index contributed by atoms with van der Waals surface area (Å²) in [5.41, 5.74) is 7.68. The third-order valence-electron chi connectivity index (χ3n) is 10.0. The van der Waals surface area contributed by atoms with Crippen LogP contribution in [-0.2, 0) is 10.6 Å². The van der Waals surface area contributed by atoms with E-state index in [9.17, 15) is 0 Å². The molecule has 2 aromatic heterocycles.